The Morgan fingerprint density at radius 1 is 0.905 bits per heavy atom. The average molecular weight is 575 g/mol. The fourth-order valence-electron chi connectivity index (χ4n) is 4.52. The highest BCUT2D eigenvalue weighted by Crippen LogP contribution is 2.36. The van der Waals surface area contributed by atoms with E-state index in [4.69, 9.17) is 14.2 Å². The number of fused-ring (bicyclic) bond motifs is 2. The predicted octanol–water partition coefficient (Wildman–Crippen LogP) is 7.36. The summed E-state index contributed by atoms with van der Waals surface area (Å²) in [6, 6.07) is 22.9. The third-order valence-corrected chi connectivity index (χ3v) is 6.72. The van der Waals surface area contributed by atoms with Crippen molar-refractivity contribution in [3.63, 3.8) is 0 Å². The van der Waals surface area contributed by atoms with Gasteiger partial charge in [0.15, 0.2) is 17.3 Å². The number of urea groups is 1. The number of nitrogens with zero attached hydrogens (tertiary/aromatic N) is 2. The van der Waals surface area contributed by atoms with Gasteiger partial charge in [0.25, 0.3) is 0 Å². The number of hydrogen-bond acceptors (Lipinski definition) is 5. The van der Waals surface area contributed by atoms with E-state index in [0.29, 0.717) is 35.1 Å². The van der Waals surface area contributed by atoms with E-state index in [1.807, 2.05) is 49.4 Å². The maximum atomic E-state index is 13.5. The minimum absolute atomic E-state index is 0.0226. The van der Waals surface area contributed by atoms with Crippen LogP contribution in [0.2, 0.25) is 0 Å². The van der Waals surface area contributed by atoms with Crippen molar-refractivity contribution in [3.8, 4) is 17.2 Å². The SMILES string of the molecule is Cc1ccc(NC(=O)Nc2nn(Cc3ccc(COc4ccc5c(c4)OCO5)cc3)c3ccc(C(F)(F)F)cc23)cc1. The maximum Gasteiger partial charge on any atom is 0.416 e. The van der Waals surface area contributed by atoms with Gasteiger partial charge < -0.3 is 19.5 Å². The number of benzene rings is 4. The standard InChI is InChI=1S/C31H25F3N4O4/c1-19-2-9-23(10-3-19)35-30(39)36-29-25-14-22(31(32,33)34)8-12-26(25)38(37-29)16-20-4-6-21(7-5-20)17-40-24-11-13-27-28(15-24)42-18-41-27/h2-15H,16-18H2,1H3,(H2,35,36,37,39). The number of aryl methyl sites for hydroxylation is 1. The zero-order chi connectivity index (χ0) is 29.3. The molecule has 8 nitrogen and oxygen atoms in total. The fourth-order valence-corrected chi connectivity index (χ4v) is 4.52. The van der Waals surface area contributed by atoms with Gasteiger partial charge in [-0.3, -0.25) is 10.00 Å². The van der Waals surface area contributed by atoms with Crippen molar-refractivity contribution < 1.29 is 32.2 Å². The number of ether oxygens (including phenoxy) is 3. The Hall–Kier alpha value is -5.19. The van der Waals surface area contributed by atoms with Crippen molar-refractivity contribution in [3.05, 3.63) is 107 Å². The first kappa shape index (κ1) is 27.0. The van der Waals surface area contributed by atoms with Gasteiger partial charge in [0.1, 0.15) is 12.4 Å². The summed E-state index contributed by atoms with van der Waals surface area (Å²) in [6.07, 6.45) is -4.55. The van der Waals surface area contributed by atoms with Crippen molar-refractivity contribution in [2.75, 3.05) is 17.4 Å². The molecule has 214 valence electrons. The van der Waals surface area contributed by atoms with Gasteiger partial charge in [-0.15, -0.1) is 0 Å². The average Bonchev–Trinajstić information content (AvgIpc) is 3.57. The summed E-state index contributed by atoms with van der Waals surface area (Å²) in [4.78, 5) is 12.7. The van der Waals surface area contributed by atoms with E-state index >= 15 is 0 Å². The van der Waals surface area contributed by atoms with Crippen molar-refractivity contribution >= 4 is 28.4 Å². The summed E-state index contributed by atoms with van der Waals surface area (Å²) >= 11 is 0. The van der Waals surface area contributed by atoms with Crippen LogP contribution in [-0.2, 0) is 19.3 Å². The molecule has 2 heterocycles. The molecule has 0 radical (unpaired) electrons. The second-order valence-corrected chi connectivity index (χ2v) is 9.80. The topological polar surface area (TPSA) is 86.6 Å². The van der Waals surface area contributed by atoms with E-state index in [1.165, 1.54) is 6.07 Å². The van der Waals surface area contributed by atoms with Crippen LogP contribution in [0.4, 0.5) is 29.5 Å². The van der Waals surface area contributed by atoms with Gasteiger partial charge in [0, 0.05) is 17.1 Å². The highest BCUT2D eigenvalue weighted by atomic mass is 19.4. The van der Waals surface area contributed by atoms with E-state index < -0.39 is 17.8 Å². The number of amides is 2. The first-order chi connectivity index (χ1) is 20.2. The largest absolute Gasteiger partial charge is 0.489 e. The van der Waals surface area contributed by atoms with Gasteiger partial charge in [-0.25, -0.2) is 4.79 Å². The molecule has 5 aromatic rings. The molecule has 11 heteroatoms. The van der Waals surface area contributed by atoms with Gasteiger partial charge in [-0.05, 0) is 60.5 Å². The highest BCUT2D eigenvalue weighted by Gasteiger charge is 2.31. The maximum absolute atomic E-state index is 13.5. The third kappa shape index (κ3) is 5.95. The molecule has 4 aromatic carbocycles. The molecule has 1 aromatic heterocycles. The Bertz CT molecular complexity index is 1750. The highest BCUT2D eigenvalue weighted by molar-refractivity contribution is 6.04. The Kier molecular flexibility index (Phi) is 7.07. The normalized spacial score (nSPS) is 12.4. The summed E-state index contributed by atoms with van der Waals surface area (Å²) < 4.78 is 58.6. The van der Waals surface area contributed by atoms with Gasteiger partial charge in [-0.2, -0.15) is 18.3 Å². The smallest absolute Gasteiger partial charge is 0.416 e. The van der Waals surface area contributed by atoms with Crippen molar-refractivity contribution in [2.45, 2.75) is 26.3 Å². The Labute approximate surface area is 238 Å². The lowest BCUT2D eigenvalue weighted by molar-refractivity contribution is -0.137. The van der Waals surface area contributed by atoms with Crippen LogP contribution in [0, 0.1) is 6.92 Å². The minimum Gasteiger partial charge on any atom is -0.489 e. The van der Waals surface area contributed by atoms with Gasteiger partial charge >= 0.3 is 12.2 Å². The minimum atomic E-state index is -4.55. The van der Waals surface area contributed by atoms with Crippen LogP contribution in [0.3, 0.4) is 0 Å². The van der Waals surface area contributed by atoms with Crippen LogP contribution in [-0.4, -0.2) is 22.6 Å². The quantitative estimate of drug-likeness (QED) is 0.212. The molecule has 0 aliphatic carbocycles. The van der Waals surface area contributed by atoms with Crippen molar-refractivity contribution in [1.82, 2.24) is 9.78 Å². The van der Waals surface area contributed by atoms with E-state index in [0.717, 1.165) is 28.8 Å². The summed E-state index contributed by atoms with van der Waals surface area (Å²) in [5.41, 5.74) is 2.97. The number of carbonyl (C=O) groups is 1. The predicted molar refractivity (Wildman–Crippen MR) is 151 cm³/mol. The first-order valence-corrected chi connectivity index (χ1v) is 13.0. The molecule has 0 atom stereocenters. The number of rotatable bonds is 7. The second kappa shape index (κ2) is 11.0. The molecule has 6 rings (SSSR count). The van der Waals surface area contributed by atoms with Crippen molar-refractivity contribution in [1.29, 1.82) is 0 Å². The zero-order valence-electron chi connectivity index (χ0n) is 22.4. The number of aromatic nitrogens is 2. The second-order valence-electron chi connectivity index (χ2n) is 9.80. The fraction of sp³-hybridized carbons (Fsp3) is 0.161. The number of hydrogen-bond donors (Lipinski definition) is 2. The molecular weight excluding hydrogens is 549 g/mol. The van der Waals surface area contributed by atoms with Gasteiger partial charge in [0.05, 0.1) is 17.6 Å². The van der Waals surface area contributed by atoms with Crippen LogP contribution in [0.25, 0.3) is 10.9 Å². The van der Waals surface area contributed by atoms with Crippen LogP contribution >= 0.6 is 0 Å². The zero-order valence-corrected chi connectivity index (χ0v) is 22.4. The first-order valence-electron chi connectivity index (χ1n) is 13.0. The molecule has 0 fully saturated rings. The summed E-state index contributed by atoms with van der Waals surface area (Å²) in [6.45, 7) is 2.71. The number of nitrogens with one attached hydrogen (secondary N) is 2. The Morgan fingerprint density at radius 2 is 1.64 bits per heavy atom. The van der Waals surface area contributed by atoms with Crippen molar-refractivity contribution in [2.24, 2.45) is 0 Å². The monoisotopic (exact) mass is 574 g/mol. The van der Waals surface area contributed by atoms with E-state index in [-0.39, 0.29) is 24.5 Å². The number of carbonyl (C=O) groups excluding carboxylic acids is 1. The lowest BCUT2D eigenvalue weighted by Gasteiger charge is -2.09. The number of alkyl halides is 3. The lowest BCUT2D eigenvalue weighted by atomic mass is 10.1. The molecule has 1 aliphatic rings. The molecular formula is C31H25F3N4O4. The molecule has 0 unspecified atom stereocenters. The summed E-state index contributed by atoms with van der Waals surface area (Å²) in [5, 5.41) is 9.93. The van der Waals surface area contributed by atoms with Crippen LogP contribution in [0.15, 0.2) is 84.9 Å². The molecule has 2 N–H and O–H groups in total. The van der Waals surface area contributed by atoms with Gasteiger partial charge in [-0.1, -0.05) is 42.0 Å². The third-order valence-electron chi connectivity index (χ3n) is 6.72. The summed E-state index contributed by atoms with van der Waals surface area (Å²) in [5.74, 6) is 1.99. The molecule has 0 bridgehead atoms. The van der Waals surface area contributed by atoms with Crippen LogP contribution in [0.1, 0.15) is 22.3 Å². The van der Waals surface area contributed by atoms with E-state index in [9.17, 15) is 18.0 Å². The van der Waals surface area contributed by atoms with Crippen LogP contribution in [0.5, 0.6) is 17.2 Å². The van der Waals surface area contributed by atoms with E-state index in [2.05, 4.69) is 15.7 Å². The van der Waals surface area contributed by atoms with Crippen LogP contribution < -0.4 is 24.8 Å². The number of halogens is 3. The van der Waals surface area contributed by atoms with E-state index in [1.54, 1.807) is 28.9 Å². The lowest BCUT2D eigenvalue weighted by Crippen LogP contribution is -2.20. The molecule has 0 saturated heterocycles. The Balaban J connectivity index is 1.19. The summed E-state index contributed by atoms with van der Waals surface area (Å²) in [7, 11) is 0. The number of anilines is 2. The Morgan fingerprint density at radius 3 is 2.40 bits per heavy atom. The molecule has 42 heavy (non-hydrogen) atoms. The molecule has 0 spiro atoms. The molecule has 1 aliphatic heterocycles. The van der Waals surface area contributed by atoms with Gasteiger partial charge in [0.2, 0.25) is 6.79 Å². The molecule has 2 amide bonds. The molecule has 0 saturated carbocycles.